The zero-order valence-electron chi connectivity index (χ0n) is 25.5. The summed E-state index contributed by atoms with van der Waals surface area (Å²) in [7, 11) is 0. The molecule has 3 amide bonds. The lowest BCUT2D eigenvalue weighted by atomic mass is 9.96. The van der Waals surface area contributed by atoms with Crippen molar-refractivity contribution in [1.29, 1.82) is 0 Å². The first-order valence-electron chi connectivity index (χ1n) is 14.5. The number of ether oxygens (including phenoxy) is 1. The molecule has 3 atom stereocenters. The lowest BCUT2D eigenvalue weighted by Gasteiger charge is -2.47. The standard InChI is InChI=1S/C34H36ClN3O7/c1-21(2)31-33(42)38(37(23(4)40)29(32(41)34(43)44)17-24-10-6-5-7-11-24)30(19-36(31)22(3)39)26-13-9-15-28(18-26)45-20-25-12-8-14-27(35)16-25/h5-16,18-19,21,29,31-32,41H,17,20H2,1-4H3,(H,43,44)/t29-,31+,32?/m0/s1. The van der Waals surface area contributed by atoms with Crippen LogP contribution in [0.15, 0.2) is 85.1 Å². The number of hydrazine groups is 1. The number of nitrogens with zero attached hydrogens (tertiary/aromatic N) is 3. The average molecular weight is 634 g/mol. The molecule has 45 heavy (non-hydrogen) atoms. The molecule has 4 rings (SSSR count). The third kappa shape index (κ3) is 7.71. The molecule has 10 nitrogen and oxygen atoms in total. The van der Waals surface area contributed by atoms with Crippen LogP contribution in [0.5, 0.6) is 5.75 Å². The molecule has 0 saturated heterocycles. The van der Waals surface area contributed by atoms with Crippen LogP contribution < -0.4 is 4.74 Å². The zero-order chi connectivity index (χ0) is 32.8. The molecular formula is C34H36ClN3O7. The maximum Gasteiger partial charge on any atom is 0.334 e. The Labute approximate surface area is 267 Å². The highest BCUT2D eigenvalue weighted by Gasteiger charge is 2.46. The fraction of sp³-hybridized carbons (Fsp3) is 0.294. The Morgan fingerprint density at radius 3 is 2.22 bits per heavy atom. The molecule has 1 aliphatic rings. The lowest BCUT2D eigenvalue weighted by molar-refractivity contribution is -0.175. The molecule has 0 saturated carbocycles. The van der Waals surface area contributed by atoms with Crippen LogP contribution in [-0.2, 0) is 32.2 Å². The van der Waals surface area contributed by atoms with E-state index < -0.39 is 41.9 Å². The van der Waals surface area contributed by atoms with Crippen molar-refractivity contribution in [3.05, 3.63) is 107 Å². The number of aliphatic hydroxyl groups excluding tert-OH is 1. The van der Waals surface area contributed by atoms with Gasteiger partial charge in [-0.15, -0.1) is 0 Å². The van der Waals surface area contributed by atoms with Crippen molar-refractivity contribution in [2.24, 2.45) is 5.92 Å². The van der Waals surface area contributed by atoms with Crippen LogP contribution in [0, 0.1) is 5.92 Å². The third-order valence-corrected chi connectivity index (χ3v) is 7.66. The molecule has 1 heterocycles. The number of halogens is 1. The van der Waals surface area contributed by atoms with Gasteiger partial charge in [0, 0.05) is 30.6 Å². The summed E-state index contributed by atoms with van der Waals surface area (Å²) in [6.45, 7) is 6.27. The summed E-state index contributed by atoms with van der Waals surface area (Å²) >= 11 is 6.11. The van der Waals surface area contributed by atoms with Crippen molar-refractivity contribution in [1.82, 2.24) is 14.9 Å². The van der Waals surface area contributed by atoms with E-state index >= 15 is 0 Å². The van der Waals surface area contributed by atoms with Gasteiger partial charge in [0.1, 0.15) is 18.4 Å². The van der Waals surface area contributed by atoms with Gasteiger partial charge >= 0.3 is 5.97 Å². The van der Waals surface area contributed by atoms with E-state index in [1.54, 1.807) is 80.6 Å². The minimum atomic E-state index is -2.04. The van der Waals surface area contributed by atoms with Gasteiger partial charge in [0.25, 0.3) is 5.91 Å². The second kappa shape index (κ2) is 14.4. The summed E-state index contributed by atoms with van der Waals surface area (Å²) in [6, 6.07) is 20.3. The SMILES string of the molecule is CC(=O)N1C=C(c2cccc(OCc3cccc(Cl)c3)c2)N(N(C(C)=O)[C@@H](Cc2ccccc2)C(O)C(=O)O)C(=O)[C@H]1C(C)C. The Balaban J connectivity index is 1.85. The van der Waals surface area contributed by atoms with Crippen molar-refractivity contribution in [2.75, 3.05) is 0 Å². The van der Waals surface area contributed by atoms with Gasteiger partial charge in [-0.05, 0) is 47.7 Å². The molecule has 0 spiro atoms. The smallest absolute Gasteiger partial charge is 0.334 e. The topological polar surface area (TPSA) is 128 Å². The summed E-state index contributed by atoms with van der Waals surface area (Å²) in [6.07, 6.45) is -0.636. The molecule has 3 aromatic carbocycles. The second-order valence-corrected chi connectivity index (χ2v) is 11.6. The van der Waals surface area contributed by atoms with E-state index in [-0.39, 0.29) is 24.6 Å². The van der Waals surface area contributed by atoms with Gasteiger partial charge in [0.05, 0.1) is 11.7 Å². The summed E-state index contributed by atoms with van der Waals surface area (Å²) in [4.78, 5) is 54.2. The van der Waals surface area contributed by atoms with E-state index in [4.69, 9.17) is 16.3 Å². The molecular weight excluding hydrogens is 598 g/mol. The first kappa shape index (κ1) is 33.2. The monoisotopic (exact) mass is 633 g/mol. The summed E-state index contributed by atoms with van der Waals surface area (Å²) in [5.41, 5.74) is 2.02. The number of amides is 3. The normalized spacial score (nSPS) is 16.2. The summed E-state index contributed by atoms with van der Waals surface area (Å²) in [5, 5.41) is 23.5. The van der Waals surface area contributed by atoms with E-state index in [0.29, 0.717) is 21.9 Å². The van der Waals surface area contributed by atoms with Crippen LogP contribution in [0.3, 0.4) is 0 Å². The van der Waals surface area contributed by atoms with Gasteiger partial charge in [-0.2, -0.15) is 0 Å². The highest BCUT2D eigenvalue weighted by molar-refractivity contribution is 6.30. The highest BCUT2D eigenvalue weighted by atomic mass is 35.5. The molecule has 0 radical (unpaired) electrons. The minimum absolute atomic E-state index is 0.0729. The molecule has 1 unspecified atom stereocenters. The fourth-order valence-corrected chi connectivity index (χ4v) is 5.57. The van der Waals surface area contributed by atoms with Gasteiger partial charge < -0.3 is 19.8 Å². The Kier molecular flexibility index (Phi) is 10.6. The predicted molar refractivity (Wildman–Crippen MR) is 168 cm³/mol. The number of aliphatic carboxylic acids is 1. The molecule has 2 N–H and O–H groups in total. The number of carbonyl (C=O) groups is 4. The number of carboxylic acids is 1. The second-order valence-electron chi connectivity index (χ2n) is 11.1. The number of rotatable bonds is 11. The zero-order valence-corrected chi connectivity index (χ0v) is 26.2. The van der Waals surface area contributed by atoms with Crippen LogP contribution in [0.2, 0.25) is 5.02 Å². The van der Waals surface area contributed by atoms with Crippen molar-refractivity contribution in [2.45, 2.75) is 58.9 Å². The Morgan fingerprint density at radius 1 is 0.956 bits per heavy atom. The van der Waals surface area contributed by atoms with Crippen molar-refractivity contribution < 1.29 is 34.1 Å². The minimum Gasteiger partial charge on any atom is -0.489 e. The van der Waals surface area contributed by atoms with E-state index in [9.17, 15) is 29.4 Å². The Morgan fingerprint density at radius 2 is 1.62 bits per heavy atom. The number of carbonyl (C=O) groups excluding carboxylic acids is 3. The van der Waals surface area contributed by atoms with E-state index in [1.165, 1.54) is 24.9 Å². The molecule has 11 heteroatoms. The number of benzene rings is 3. The molecule has 0 aromatic heterocycles. The summed E-state index contributed by atoms with van der Waals surface area (Å²) < 4.78 is 6.01. The van der Waals surface area contributed by atoms with Crippen molar-refractivity contribution >= 4 is 41.0 Å². The first-order valence-corrected chi connectivity index (χ1v) is 14.8. The van der Waals surface area contributed by atoms with Gasteiger partial charge in [-0.1, -0.05) is 80.0 Å². The average Bonchev–Trinajstić information content (AvgIpc) is 3.00. The Hall–Kier alpha value is -4.67. The lowest BCUT2D eigenvalue weighted by Crippen LogP contribution is -2.64. The first-order chi connectivity index (χ1) is 21.4. The van der Waals surface area contributed by atoms with E-state index in [0.717, 1.165) is 15.6 Å². The third-order valence-electron chi connectivity index (χ3n) is 7.43. The van der Waals surface area contributed by atoms with Crippen molar-refractivity contribution in [3.8, 4) is 5.75 Å². The van der Waals surface area contributed by atoms with Gasteiger partial charge in [0.2, 0.25) is 11.8 Å². The van der Waals surface area contributed by atoms with Crippen LogP contribution in [0.1, 0.15) is 44.4 Å². The molecule has 3 aromatic rings. The molecule has 0 bridgehead atoms. The van der Waals surface area contributed by atoms with E-state index in [1.807, 2.05) is 12.1 Å². The molecule has 236 valence electrons. The number of hydrogen-bond acceptors (Lipinski definition) is 6. The van der Waals surface area contributed by atoms with Crippen LogP contribution in [-0.4, -0.2) is 67.0 Å². The largest absolute Gasteiger partial charge is 0.489 e. The molecule has 0 fully saturated rings. The highest BCUT2D eigenvalue weighted by Crippen LogP contribution is 2.35. The predicted octanol–water partition coefficient (Wildman–Crippen LogP) is 4.75. The Bertz CT molecular complexity index is 1590. The van der Waals surface area contributed by atoms with E-state index in [2.05, 4.69) is 0 Å². The molecule has 0 aliphatic carbocycles. The fourth-order valence-electron chi connectivity index (χ4n) is 5.36. The van der Waals surface area contributed by atoms with Crippen LogP contribution in [0.4, 0.5) is 0 Å². The number of carboxylic acid groups (broad SMARTS) is 1. The van der Waals surface area contributed by atoms with Gasteiger partial charge in [-0.3, -0.25) is 14.4 Å². The van der Waals surface area contributed by atoms with Crippen molar-refractivity contribution in [3.63, 3.8) is 0 Å². The maximum absolute atomic E-state index is 14.4. The van der Waals surface area contributed by atoms with Gasteiger partial charge in [0.15, 0.2) is 6.10 Å². The maximum atomic E-state index is 14.4. The summed E-state index contributed by atoms with van der Waals surface area (Å²) in [5.74, 6) is -3.20. The van der Waals surface area contributed by atoms with Crippen LogP contribution in [0.25, 0.3) is 5.70 Å². The quantitative estimate of drug-likeness (QED) is 0.312. The van der Waals surface area contributed by atoms with Crippen LogP contribution >= 0.6 is 11.6 Å². The molecule has 1 aliphatic heterocycles. The van der Waals surface area contributed by atoms with Gasteiger partial charge in [-0.25, -0.2) is 14.8 Å². The number of hydrogen-bond donors (Lipinski definition) is 2. The number of aliphatic hydroxyl groups is 1.